The average Bonchev–Trinajstić information content (AvgIpc) is 2.52. The number of hydrogen-bond donors (Lipinski definition) is 0. The van der Waals surface area contributed by atoms with Crippen LogP contribution in [0.25, 0.3) is 0 Å². The molecule has 1 heterocycles. The Bertz CT molecular complexity index is 781. The number of benzene rings is 2. The van der Waals surface area contributed by atoms with Gasteiger partial charge in [-0.25, -0.2) is 9.69 Å². The molecule has 0 unspecified atom stereocenters. The van der Waals surface area contributed by atoms with Crippen LogP contribution >= 0.6 is 43.6 Å². The number of unbranched alkanes of at least 4 members (excludes halogenated alkanes) is 1. The van der Waals surface area contributed by atoms with E-state index in [0.29, 0.717) is 6.61 Å². The van der Waals surface area contributed by atoms with Crippen LogP contribution in [0.3, 0.4) is 0 Å². The zero-order chi connectivity index (χ0) is 18.1. The Morgan fingerprint density at radius 2 is 1.56 bits per heavy atom. The molecule has 3 nitrogen and oxygen atoms in total. The lowest BCUT2D eigenvalue weighted by Gasteiger charge is -2.33. The van der Waals surface area contributed by atoms with E-state index in [-0.39, 0.29) is 6.09 Å². The van der Waals surface area contributed by atoms with Gasteiger partial charge in [-0.05, 0) is 55.7 Å². The second-order valence-electron chi connectivity index (χ2n) is 6.04. The standard InChI is InChI=1S/C19H19Br2NO2S/c1-4-5-6-24-19(23)22-17-11(2)7-13(20)9-15(17)25-16-10-14(21)8-12(3)18(16)22/h7-10H,4-6H2,1-3H3. The predicted octanol–water partition coefficient (Wildman–Crippen LogP) is 7.37. The minimum Gasteiger partial charge on any atom is -0.449 e. The number of amides is 1. The molecule has 1 aliphatic rings. The van der Waals surface area contributed by atoms with Crippen LogP contribution in [-0.4, -0.2) is 12.7 Å². The number of anilines is 2. The molecule has 0 aliphatic carbocycles. The summed E-state index contributed by atoms with van der Waals surface area (Å²) in [6.07, 6.45) is 1.55. The number of hydrogen-bond acceptors (Lipinski definition) is 3. The maximum Gasteiger partial charge on any atom is 0.419 e. The molecule has 0 bridgehead atoms. The Balaban J connectivity index is 2.14. The van der Waals surface area contributed by atoms with Gasteiger partial charge in [-0.3, -0.25) is 0 Å². The summed E-state index contributed by atoms with van der Waals surface area (Å²) < 4.78 is 7.57. The largest absolute Gasteiger partial charge is 0.449 e. The van der Waals surface area contributed by atoms with E-state index < -0.39 is 0 Å². The molecule has 0 spiro atoms. The molecule has 0 atom stereocenters. The normalized spacial score (nSPS) is 12.6. The summed E-state index contributed by atoms with van der Waals surface area (Å²) in [5.41, 5.74) is 3.90. The summed E-state index contributed by atoms with van der Waals surface area (Å²) in [6, 6.07) is 8.17. The number of rotatable bonds is 3. The second-order valence-corrected chi connectivity index (χ2v) is 8.96. The summed E-state index contributed by atoms with van der Waals surface area (Å²) >= 11 is 8.80. The van der Waals surface area contributed by atoms with Crippen molar-refractivity contribution in [3.63, 3.8) is 0 Å². The lowest BCUT2D eigenvalue weighted by molar-refractivity contribution is 0.154. The monoisotopic (exact) mass is 483 g/mol. The molecule has 0 N–H and O–H groups in total. The number of carbonyl (C=O) groups excluding carboxylic acids is 1. The molecule has 0 aromatic heterocycles. The third kappa shape index (κ3) is 3.76. The first-order chi connectivity index (χ1) is 11.9. The molecule has 3 rings (SSSR count). The van der Waals surface area contributed by atoms with Crippen LogP contribution in [0.5, 0.6) is 0 Å². The van der Waals surface area contributed by atoms with Gasteiger partial charge < -0.3 is 4.74 Å². The summed E-state index contributed by atoms with van der Waals surface area (Å²) in [5, 5.41) is 0. The van der Waals surface area contributed by atoms with Gasteiger partial charge in [0, 0.05) is 18.7 Å². The Hall–Kier alpha value is -0.980. The molecule has 132 valence electrons. The van der Waals surface area contributed by atoms with Crippen LogP contribution in [0.2, 0.25) is 0 Å². The number of ether oxygens (including phenoxy) is 1. The Labute approximate surface area is 169 Å². The summed E-state index contributed by atoms with van der Waals surface area (Å²) in [7, 11) is 0. The van der Waals surface area contributed by atoms with Crippen molar-refractivity contribution in [2.24, 2.45) is 0 Å². The summed E-state index contributed by atoms with van der Waals surface area (Å²) in [6.45, 7) is 6.57. The molecule has 2 aromatic carbocycles. The minimum absolute atomic E-state index is 0.313. The molecule has 2 aromatic rings. The van der Waals surface area contributed by atoms with Gasteiger partial charge in [-0.2, -0.15) is 0 Å². The SMILES string of the molecule is CCCCOC(=O)N1c2c(C)cc(Br)cc2Sc2cc(Br)cc(C)c21. The summed E-state index contributed by atoms with van der Waals surface area (Å²) in [5.74, 6) is 0. The van der Waals surface area contributed by atoms with Crippen molar-refractivity contribution in [2.75, 3.05) is 11.5 Å². The molecule has 0 saturated carbocycles. The van der Waals surface area contributed by atoms with E-state index in [9.17, 15) is 4.79 Å². The number of fused-ring (bicyclic) bond motifs is 2. The highest BCUT2D eigenvalue weighted by Crippen LogP contribution is 2.52. The molecule has 0 saturated heterocycles. The zero-order valence-electron chi connectivity index (χ0n) is 14.4. The van der Waals surface area contributed by atoms with Crippen LogP contribution in [-0.2, 0) is 4.74 Å². The van der Waals surface area contributed by atoms with E-state index in [1.54, 1.807) is 16.7 Å². The quantitative estimate of drug-likeness (QED) is 0.426. The Kier molecular flexibility index (Phi) is 5.81. The van der Waals surface area contributed by atoms with E-state index in [2.05, 4.69) is 50.9 Å². The number of aryl methyl sites for hydroxylation is 2. The highest BCUT2D eigenvalue weighted by Gasteiger charge is 2.32. The highest BCUT2D eigenvalue weighted by molar-refractivity contribution is 9.10. The number of halogens is 2. The maximum absolute atomic E-state index is 12.9. The fourth-order valence-electron chi connectivity index (χ4n) is 2.92. The van der Waals surface area contributed by atoms with Crippen LogP contribution in [0.4, 0.5) is 16.2 Å². The Morgan fingerprint density at radius 3 is 2.04 bits per heavy atom. The van der Waals surface area contributed by atoms with E-state index >= 15 is 0 Å². The topological polar surface area (TPSA) is 29.5 Å². The third-order valence-electron chi connectivity index (χ3n) is 4.03. The lowest BCUT2D eigenvalue weighted by Crippen LogP contribution is -2.31. The molecular weight excluding hydrogens is 466 g/mol. The number of nitrogens with zero attached hydrogens (tertiary/aromatic N) is 1. The van der Waals surface area contributed by atoms with Gasteiger partial charge in [0.05, 0.1) is 18.0 Å². The smallest absolute Gasteiger partial charge is 0.419 e. The first-order valence-electron chi connectivity index (χ1n) is 8.17. The van der Waals surface area contributed by atoms with Crippen LogP contribution in [0, 0.1) is 13.8 Å². The van der Waals surface area contributed by atoms with E-state index in [0.717, 1.165) is 54.1 Å². The third-order valence-corrected chi connectivity index (χ3v) is 6.01. The van der Waals surface area contributed by atoms with Crippen molar-refractivity contribution in [1.29, 1.82) is 0 Å². The molecule has 0 radical (unpaired) electrons. The van der Waals surface area contributed by atoms with Gasteiger partial charge in [0.15, 0.2) is 0 Å². The van der Waals surface area contributed by atoms with Gasteiger partial charge in [-0.1, -0.05) is 57.0 Å². The second kappa shape index (κ2) is 7.72. The van der Waals surface area contributed by atoms with Gasteiger partial charge in [0.25, 0.3) is 0 Å². The van der Waals surface area contributed by atoms with Crippen molar-refractivity contribution in [1.82, 2.24) is 0 Å². The van der Waals surface area contributed by atoms with E-state index in [1.807, 2.05) is 26.0 Å². The van der Waals surface area contributed by atoms with Crippen molar-refractivity contribution < 1.29 is 9.53 Å². The fraction of sp³-hybridized carbons (Fsp3) is 0.316. The van der Waals surface area contributed by atoms with Crippen molar-refractivity contribution in [3.05, 3.63) is 44.3 Å². The molecule has 25 heavy (non-hydrogen) atoms. The van der Waals surface area contributed by atoms with Gasteiger partial charge >= 0.3 is 6.09 Å². The van der Waals surface area contributed by atoms with Gasteiger partial charge in [0.2, 0.25) is 0 Å². The fourth-order valence-corrected chi connectivity index (χ4v) is 5.67. The molecule has 1 amide bonds. The van der Waals surface area contributed by atoms with Crippen molar-refractivity contribution in [2.45, 2.75) is 43.4 Å². The summed E-state index contributed by atoms with van der Waals surface area (Å²) in [4.78, 5) is 16.8. The lowest BCUT2D eigenvalue weighted by atomic mass is 10.1. The van der Waals surface area contributed by atoms with Crippen molar-refractivity contribution in [3.8, 4) is 0 Å². The molecule has 0 fully saturated rings. The van der Waals surface area contributed by atoms with Crippen LogP contribution < -0.4 is 4.90 Å². The average molecular weight is 485 g/mol. The Morgan fingerprint density at radius 1 is 1.04 bits per heavy atom. The zero-order valence-corrected chi connectivity index (χ0v) is 18.3. The minimum atomic E-state index is -0.313. The highest BCUT2D eigenvalue weighted by atomic mass is 79.9. The molecule has 6 heteroatoms. The van der Waals surface area contributed by atoms with Crippen LogP contribution in [0.15, 0.2) is 43.0 Å². The maximum atomic E-state index is 12.9. The first-order valence-corrected chi connectivity index (χ1v) is 10.6. The predicted molar refractivity (Wildman–Crippen MR) is 110 cm³/mol. The number of carbonyl (C=O) groups is 1. The van der Waals surface area contributed by atoms with Crippen molar-refractivity contribution >= 4 is 61.1 Å². The van der Waals surface area contributed by atoms with Gasteiger partial charge in [-0.15, -0.1) is 0 Å². The van der Waals surface area contributed by atoms with E-state index in [1.165, 1.54) is 0 Å². The molecule has 1 aliphatic heterocycles. The first kappa shape index (κ1) is 18.8. The molecular formula is C19H19Br2NO2S. The van der Waals surface area contributed by atoms with Gasteiger partial charge in [0.1, 0.15) is 0 Å². The van der Waals surface area contributed by atoms with Crippen LogP contribution in [0.1, 0.15) is 30.9 Å². The van der Waals surface area contributed by atoms with E-state index in [4.69, 9.17) is 4.74 Å².